The highest BCUT2D eigenvalue weighted by Crippen LogP contribution is 2.82. The molecule has 4 aliphatic carbocycles. The molecule has 6 atom stereocenters. The van der Waals surface area contributed by atoms with Crippen LogP contribution in [-0.2, 0) is 14.9 Å². The van der Waals surface area contributed by atoms with Crippen LogP contribution in [0.1, 0.15) is 37.7 Å². The number of amides is 1. The van der Waals surface area contributed by atoms with E-state index in [1.165, 1.54) is 7.11 Å². The Kier molecular flexibility index (Phi) is 3.25. The highest BCUT2D eigenvalue weighted by Gasteiger charge is 2.93. The van der Waals surface area contributed by atoms with Gasteiger partial charge in [-0.25, -0.2) is 4.79 Å². The zero-order valence-corrected chi connectivity index (χ0v) is 18.6. The van der Waals surface area contributed by atoms with E-state index in [1.807, 2.05) is 12.1 Å². The number of nitrogens with zero attached hydrogens (tertiary/aromatic N) is 2. The molecule has 1 unspecified atom stereocenters. The molecule has 170 valence electrons. The van der Waals surface area contributed by atoms with Gasteiger partial charge in [0, 0.05) is 18.5 Å². The molecule has 6 fully saturated rings. The number of anilines is 1. The molecule has 7 aliphatic rings. The van der Waals surface area contributed by atoms with Gasteiger partial charge in [-0.2, -0.15) is 0 Å². The van der Waals surface area contributed by atoms with Crippen molar-refractivity contribution in [3.8, 4) is 11.5 Å². The second-order valence-corrected chi connectivity index (χ2v) is 10.5. The van der Waals surface area contributed by atoms with E-state index in [1.54, 1.807) is 19.1 Å². The van der Waals surface area contributed by atoms with Gasteiger partial charge in [0.15, 0.2) is 17.3 Å². The fourth-order valence-electron chi connectivity index (χ4n) is 9.62. The molecule has 3 spiro atoms. The summed E-state index contributed by atoms with van der Waals surface area (Å²) in [4.78, 5) is 31.6. The summed E-state index contributed by atoms with van der Waals surface area (Å²) in [6, 6.07) is 3.98. The van der Waals surface area contributed by atoms with Gasteiger partial charge in [-0.3, -0.25) is 14.6 Å². The van der Waals surface area contributed by atoms with Gasteiger partial charge in [-0.15, -0.1) is 0 Å². The van der Waals surface area contributed by atoms with Crippen LogP contribution >= 0.6 is 0 Å². The Morgan fingerprint density at radius 3 is 2.69 bits per heavy atom. The molecule has 8 rings (SSSR count). The Morgan fingerprint density at radius 2 is 1.97 bits per heavy atom. The molecule has 4 saturated carbocycles. The van der Waals surface area contributed by atoms with Gasteiger partial charge in [-0.05, 0) is 55.7 Å². The second-order valence-electron chi connectivity index (χ2n) is 10.5. The van der Waals surface area contributed by atoms with Gasteiger partial charge in [0.1, 0.15) is 5.60 Å². The topological polar surface area (TPSA) is 88.5 Å². The van der Waals surface area contributed by atoms with Crippen molar-refractivity contribution in [3.63, 3.8) is 0 Å². The number of piperidine rings is 1. The minimum absolute atomic E-state index is 0.0946. The lowest BCUT2D eigenvalue weighted by Gasteiger charge is -2.69. The van der Waals surface area contributed by atoms with Gasteiger partial charge in [0.05, 0.1) is 38.0 Å². The van der Waals surface area contributed by atoms with Crippen molar-refractivity contribution < 1.29 is 28.9 Å². The number of fused-ring (bicyclic) bond motifs is 2. The molecule has 1 amide bonds. The maximum absolute atomic E-state index is 14.0. The van der Waals surface area contributed by atoms with Crippen molar-refractivity contribution in [2.45, 2.75) is 54.7 Å². The van der Waals surface area contributed by atoms with Gasteiger partial charge >= 0.3 is 6.09 Å². The predicted molar refractivity (Wildman–Crippen MR) is 113 cm³/mol. The molecule has 3 aliphatic heterocycles. The predicted octanol–water partition coefficient (Wildman–Crippen LogP) is 1.86. The Balaban J connectivity index is 1.65. The third-order valence-corrected chi connectivity index (χ3v) is 10.1. The Bertz CT molecular complexity index is 1110. The van der Waals surface area contributed by atoms with Crippen molar-refractivity contribution in [2.75, 3.05) is 39.3 Å². The number of ketones is 1. The number of Topliss-reactive ketones (excluding diaryl/α,β-unsaturated/α-hetero) is 1. The van der Waals surface area contributed by atoms with Crippen LogP contribution in [0.5, 0.6) is 11.5 Å². The van der Waals surface area contributed by atoms with Gasteiger partial charge in [-0.1, -0.05) is 6.07 Å². The lowest BCUT2D eigenvalue weighted by molar-refractivity contribution is -0.194. The van der Waals surface area contributed by atoms with E-state index in [0.717, 1.165) is 31.4 Å². The summed E-state index contributed by atoms with van der Waals surface area (Å²) in [5.41, 5.74) is -1.94. The van der Waals surface area contributed by atoms with Crippen LogP contribution in [0.15, 0.2) is 12.1 Å². The number of aliphatic hydroxyl groups is 1. The second kappa shape index (κ2) is 5.42. The minimum Gasteiger partial charge on any atom is -0.493 e. The number of benzene rings is 1. The fraction of sp³-hybridized carbons (Fsp3) is 0.667. The number of carbonyl (C=O) groups excluding carboxylic acids is 2. The van der Waals surface area contributed by atoms with Crippen molar-refractivity contribution in [3.05, 3.63) is 17.7 Å². The van der Waals surface area contributed by atoms with Crippen LogP contribution in [0.4, 0.5) is 10.5 Å². The van der Waals surface area contributed by atoms with Gasteiger partial charge < -0.3 is 19.3 Å². The van der Waals surface area contributed by atoms with Crippen LogP contribution in [0.2, 0.25) is 0 Å². The lowest BCUT2D eigenvalue weighted by Crippen LogP contribution is -2.82. The van der Waals surface area contributed by atoms with Crippen LogP contribution in [0.3, 0.4) is 0 Å². The van der Waals surface area contributed by atoms with Crippen molar-refractivity contribution >= 4 is 17.6 Å². The van der Waals surface area contributed by atoms with E-state index >= 15 is 0 Å². The Hall–Kier alpha value is -2.32. The minimum atomic E-state index is -1.60. The van der Waals surface area contributed by atoms with Gasteiger partial charge in [0.2, 0.25) is 0 Å². The molecule has 0 aromatic heterocycles. The molecule has 1 aromatic rings. The Labute approximate surface area is 186 Å². The molecular formula is C24H28N2O6. The van der Waals surface area contributed by atoms with Crippen molar-refractivity contribution in [1.82, 2.24) is 4.90 Å². The molecular weight excluding hydrogens is 412 g/mol. The zero-order valence-electron chi connectivity index (χ0n) is 18.6. The van der Waals surface area contributed by atoms with E-state index in [0.29, 0.717) is 36.6 Å². The number of ether oxygens (including phenoxy) is 3. The average molecular weight is 440 g/mol. The first kappa shape index (κ1) is 19.2. The highest BCUT2D eigenvalue weighted by atomic mass is 16.5. The Morgan fingerprint density at radius 1 is 1.16 bits per heavy atom. The number of hydrogen-bond donors (Lipinski definition) is 1. The smallest absolute Gasteiger partial charge is 0.414 e. The summed E-state index contributed by atoms with van der Waals surface area (Å²) in [5.74, 6) is 0.518. The number of rotatable bonds is 2. The first-order valence-electron chi connectivity index (χ1n) is 11.5. The van der Waals surface area contributed by atoms with Crippen molar-refractivity contribution in [1.29, 1.82) is 0 Å². The maximum Gasteiger partial charge on any atom is 0.414 e. The molecule has 32 heavy (non-hydrogen) atoms. The van der Waals surface area contributed by atoms with Crippen LogP contribution < -0.4 is 14.4 Å². The number of methoxy groups -OCH3 is 3. The van der Waals surface area contributed by atoms with E-state index in [-0.39, 0.29) is 23.2 Å². The first-order chi connectivity index (χ1) is 15.4. The summed E-state index contributed by atoms with van der Waals surface area (Å²) in [7, 11) is 4.48. The molecule has 1 aromatic carbocycles. The number of carbonyl (C=O) groups is 2. The summed E-state index contributed by atoms with van der Waals surface area (Å²) in [6.45, 7) is 1.59. The highest BCUT2D eigenvalue weighted by molar-refractivity contribution is 6.08. The van der Waals surface area contributed by atoms with Crippen molar-refractivity contribution in [2.24, 2.45) is 11.3 Å². The molecule has 0 radical (unpaired) electrons. The summed E-state index contributed by atoms with van der Waals surface area (Å²) < 4.78 is 16.7. The largest absolute Gasteiger partial charge is 0.493 e. The van der Waals surface area contributed by atoms with E-state index in [4.69, 9.17) is 14.2 Å². The quantitative estimate of drug-likeness (QED) is 0.751. The molecule has 8 heteroatoms. The average Bonchev–Trinajstić information content (AvgIpc) is 3.33. The maximum atomic E-state index is 14.0. The summed E-state index contributed by atoms with van der Waals surface area (Å²) in [6.07, 6.45) is 3.40. The molecule has 3 heterocycles. The van der Waals surface area contributed by atoms with Gasteiger partial charge in [0.25, 0.3) is 0 Å². The molecule has 4 bridgehead atoms. The van der Waals surface area contributed by atoms with E-state index in [9.17, 15) is 14.7 Å². The van der Waals surface area contributed by atoms with E-state index in [2.05, 4.69) is 4.90 Å². The molecule has 2 saturated heterocycles. The molecule has 1 N–H and O–H groups in total. The number of hydrogen-bond acceptors (Lipinski definition) is 7. The van der Waals surface area contributed by atoms with Crippen LogP contribution in [0.25, 0.3) is 0 Å². The SMILES string of the molecule is COC(=O)N1c2c(ccc(OC)c2OC)[C@@]23C4CN5CCC[C@]6(CC[C@]12[C@](O)(C6)C4=O)[C@H]53. The fourth-order valence-corrected chi connectivity index (χ4v) is 9.62. The monoisotopic (exact) mass is 440 g/mol. The standard InChI is InChI=1S/C24H28N2O6/c1-30-15-6-5-13-16(17(15)31-2)26(20(28)32-3)23-9-8-21-7-4-10-25-11-14(24(13,23)19(21)25)18(27)22(23,29)12-21/h5-6,14,19,29H,4,7-12H2,1-3H3/t14?,19-,21+,22-,23+,24-/m0/s1. The normalized spacial score (nSPS) is 44.5. The summed E-state index contributed by atoms with van der Waals surface area (Å²) in [5, 5.41) is 12.4. The van der Waals surface area contributed by atoms with Crippen LogP contribution in [-0.4, -0.2) is 73.5 Å². The third kappa shape index (κ3) is 1.50. The van der Waals surface area contributed by atoms with E-state index < -0.39 is 22.6 Å². The van der Waals surface area contributed by atoms with Crippen LogP contribution in [0, 0.1) is 11.3 Å². The first-order valence-corrected chi connectivity index (χ1v) is 11.5. The summed E-state index contributed by atoms with van der Waals surface area (Å²) >= 11 is 0. The zero-order chi connectivity index (χ0) is 22.3. The lowest BCUT2D eigenvalue weighted by atomic mass is 9.40. The third-order valence-electron chi connectivity index (χ3n) is 10.1. The molecule has 8 nitrogen and oxygen atoms in total.